The van der Waals surface area contributed by atoms with E-state index in [1.54, 1.807) is 14.0 Å². The van der Waals surface area contributed by atoms with Crippen molar-refractivity contribution in [1.82, 2.24) is 0 Å². The lowest BCUT2D eigenvalue weighted by Gasteiger charge is -2.17. The fourth-order valence-electron chi connectivity index (χ4n) is 2.33. The molecular weight excluding hydrogens is 343 g/mol. The Morgan fingerprint density at radius 3 is 2.44 bits per heavy atom. The minimum absolute atomic E-state index is 0.150. The van der Waals surface area contributed by atoms with Crippen LogP contribution in [0.15, 0.2) is 35.4 Å². The summed E-state index contributed by atoms with van der Waals surface area (Å²) in [7, 11) is 1.61. The molecule has 0 unspecified atom stereocenters. The molecule has 4 heteroatoms. The highest BCUT2D eigenvalue weighted by Crippen LogP contribution is 2.39. The fourth-order valence-corrected chi connectivity index (χ4v) is 3.38. The summed E-state index contributed by atoms with van der Waals surface area (Å²) < 4.78 is 5.86. The predicted octanol–water partition coefficient (Wildman–Crippen LogP) is 2.47. The number of carbonyl (C=O) groups excluding carboxylic acids is 1. The Balaban J connectivity index is 2.39. The van der Waals surface area contributed by atoms with Crippen molar-refractivity contribution in [1.29, 1.82) is 0 Å². The van der Waals surface area contributed by atoms with Gasteiger partial charge in [-0.15, -0.1) is 0 Å². The van der Waals surface area contributed by atoms with Crippen molar-refractivity contribution in [2.45, 2.75) is 18.9 Å². The van der Waals surface area contributed by atoms with Crippen molar-refractivity contribution in [3.05, 3.63) is 41.0 Å². The number of halogens is 1. The number of ketones is 1. The summed E-state index contributed by atoms with van der Waals surface area (Å²) in [6.07, 6.45) is -0.942. The molecule has 0 saturated carbocycles. The van der Waals surface area contributed by atoms with E-state index in [0.717, 1.165) is 21.3 Å². The van der Waals surface area contributed by atoms with Crippen LogP contribution in [0.25, 0.3) is 0 Å². The Kier molecular flexibility index (Phi) is 4.07. The molecule has 0 spiro atoms. The lowest BCUT2D eigenvalue weighted by molar-refractivity contribution is -0.122. The molecule has 18 heavy (non-hydrogen) atoms. The molecule has 1 aromatic rings. The SMILES string of the molecule is COc1ccc([C@H]2C(CI)=C(C)C(=O)[C@@H]2O)cc1. The first-order valence-corrected chi connectivity index (χ1v) is 7.24. The molecule has 0 aromatic heterocycles. The van der Waals surface area contributed by atoms with Crippen molar-refractivity contribution in [3.8, 4) is 5.75 Å². The largest absolute Gasteiger partial charge is 0.497 e. The molecule has 96 valence electrons. The van der Waals surface area contributed by atoms with Gasteiger partial charge in [0.1, 0.15) is 11.9 Å². The number of carbonyl (C=O) groups is 1. The van der Waals surface area contributed by atoms with E-state index in [2.05, 4.69) is 22.6 Å². The van der Waals surface area contributed by atoms with E-state index in [4.69, 9.17) is 4.74 Å². The zero-order valence-electron chi connectivity index (χ0n) is 10.3. The molecule has 0 heterocycles. The van der Waals surface area contributed by atoms with E-state index >= 15 is 0 Å². The average molecular weight is 358 g/mol. The smallest absolute Gasteiger partial charge is 0.187 e. The second-order valence-corrected chi connectivity index (χ2v) is 5.11. The number of ether oxygens (including phenoxy) is 1. The summed E-state index contributed by atoms with van der Waals surface area (Å²) in [6, 6.07) is 7.52. The van der Waals surface area contributed by atoms with Crippen molar-refractivity contribution >= 4 is 28.4 Å². The third-order valence-corrected chi connectivity index (χ3v) is 4.25. The molecule has 0 bridgehead atoms. The molecular formula is C14H15IO3. The number of rotatable bonds is 3. The van der Waals surface area contributed by atoms with Gasteiger partial charge < -0.3 is 9.84 Å². The van der Waals surface area contributed by atoms with Gasteiger partial charge in [-0.25, -0.2) is 0 Å². The van der Waals surface area contributed by atoms with Gasteiger partial charge in [0.25, 0.3) is 0 Å². The van der Waals surface area contributed by atoms with E-state index in [9.17, 15) is 9.90 Å². The number of Topliss-reactive ketones (excluding diaryl/α,β-unsaturated/α-hetero) is 1. The Bertz CT molecular complexity index is 490. The minimum atomic E-state index is -0.942. The first-order valence-electron chi connectivity index (χ1n) is 5.72. The monoisotopic (exact) mass is 358 g/mol. The molecule has 0 fully saturated rings. The Labute approximate surface area is 120 Å². The molecule has 3 nitrogen and oxygen atoms in total. The number of aliphatic hydroxyl groups excluding tert-OH is 1. The summed E-state index contributed by atoms with van der Waals surface area (Å²) in [6.45, 7) is 1.79. The molecule has 0 saturated heterocycles. The first-order chi connectivity index (χ1) is 8.60. The third kappa shape index (κ3) is 2.19. The molecule has 2 atom stereocenters. The van der Waals surface area contributed by atoms with Crippen LogP contribution in [-0.4, -0.2) is 28.5 Å². The second kappa shape index (κ2) is 5.40. The average Bonchev–Trinajstić information content (AvgIpc) is 2.63. The molecule has 0 radical (unpaired) electrons. The van der Waals surface area contributed by atoms with Crippen molar-refractivity contribution in [3.63, 3.8) is 0 Å². The topological polar surface area (TPSA) is 46.5 Å². The highest BCUT2D eigenvalue weighted by Gasteiger charge is 2.38. The van der Waals surface area contributed by atoms with Crippen LogP contribution < -0.4 is 4.74 Å². The van der Waals surface area contributed by atoms with E-state index in [0.29, 0.717) is 5.57 Å². The number of hydrogen-bond donors (Lipinski definition) is 1. The van der Waals surface area contributed by atoms with Crippen LogP contribution in [0.1, 0.15) is 18.4 Å². The third-order valence-electron chi connectivity index (χ3n) is 3.43. The number of hydrogen-bond acceptors (Lipinski definition) is 3. The molecule has 0 amide bonds. The Morgan fingerprint density at radius 2 is 1.94 bits per heavy atom. The van der Waals surface area contributed by atoms with E-state index in [-0.39, 0.29) is 11.7 Å². The zero-order chi connectivity index (χ0) is 13.3. The maximum absolute atomic E-state index is 11.8. The summed E-state index contributed by atoms with van der Waals surface area (Å²) in [5.41, 5.74) is 2.69. The number of alkyl halides is 1. The Morgan fingerprint density at radius 1 is 1.33 bits per heavy atom. The van der Waals surface area contributed by atoms with Crippen LogP contribution in [0.3, 0.4) is 0 Å². The summed E-state index contributed by atoms with van der Waals surface area (Å²) in [4.78, 5) is 11.8. The van der Waals surface area contributed by atoms with Crippen LogP contribution in [0.2, 0.25) is 0 Å². The predicted molar refractivity (Wildman–Crippen MR) is 78.3 cm³/mol. The lowest BCUT2D eigenvalue weighted by Crippen LogP contribution is -2.22. The van der Waals surface area contributed by atoms with Gasteiger partial charge in [0.2, 0.25) is 0 Å². The zero-order valence-corrected chi connectivity index (χ0v) is 12.5. The normalized spacial score (nSPS) is 23.7. The first kappa shape index (κ1) is 13.5. The van der Waals surface area contributed by atoms with Crippen LogP contribution in [0.5, 0.6) is 5.75 Å². The highest BCUT2D eigenvalue weighted by atomic mass is 127. The summed E-state index contributed by atoms with van der Waals surface area (Å²) in [5, 5.41) is 10.1. The Hall–Kier alpha value is -0.880. The number of methoxy groups -OCH3 is 1. The number of benzene rings is 1. The van der Waals surface area contributed by atoms with E-state index < -0.39 is 6.10 Å². The van der Waals surface area contributed by atoms with Gasteiger partial charge in [0, 0.05) is 10.3 Å². The van der Waals surface area contributed by atoms with Crippen LogP contribution >= 0.6 is 22.6 Å². The number of aliphatic hydroxyl groups is 1. The second-order valence-electron chi connectivity index (χ2n) is 4.34. The molecule has 1 N–H and O–H groups in total. The van der Waals surface area contributed by atoms with Gasteiger partial charge in [-0.1, -0.05) is 34.7 Å². The van der Waals surface area contributed by atoms with Crippen molar-refractivity contribution in [2.75, 3.05) is 11.5 Å². The molecule has 1 aliphatic carbocycles. The fraction of sp³-hybridized carbons (Fsp3) is 0.357. The van der Waals surface area contributed by atoms with Gasteiger partial charge in [-0.3, -0.25) is 4.79 Å². The van der Waals surface area contributed by atoms with E-state index in [1.807, 2.05) is 24.3 Å². The van der Waals surface area contributed by atoms with Crippen LogP contribution in [0, 0.1) is 0 Å². The minimum Gasteiger partial charge on any atom is -0.497 e. The van der Waals surface area contributed by atoms with Crippen LogP contribution in [-0.2, 0) is 4.79 Å². The van der Waals surface area contributed by atoms with Crippen LogP contribution in [0.4, 0.5) is 0 Å². The van der Waals surface area contributed by atoms with Gasteiger partial charge in [-0.2, -0.15) is 0 Å². The lowest BCUT2D eigenvalue weighted by atomic mass is 9.91. The van der Waals surface area contributed by atoms with Gasteiger partial charge in [0.15, 0.2) is 5.78 Å². The maximum Gasteiger partial charge on any atom is 0.187 e. The standard InChI is InChI=1S/C14H15IO3/c1-8-11(7-15)12(14(17)13(8)16)9-3-5-10(18-2)6-4-9/h3-6,12,14,17H,7H2,1-2H3/t12-,14+/m0/s1. The quantitative estimate of drug-likeness (QED) is 0.667. The summed E-state index contributed by atoms with van der Waals surface area (Å²) >= 11 is 2.23. The molecule has 1 aliphatic rings. The summed E-state index contributed by atoms with van der Waals surface area (Å²) in [5.74, 6) is 0.414. The van der Waals surface area contributed by atoms with Gasteiger partial charge in [0.05, 0.1) is 7.11 Å². The highest BCUT2D eigenvalue weighted by molar-refractivity contribution is 14.1. The molecule has 0 aliphatic heterocycles. The van der Waals surface area contributed by atoms with Crippen molar-refractivity contribution < 1.29 is 14.6 Å². The molecule has 1 aromatic carbocycles. The van der Waals surface area contributed by atoms with Crippen molar-refractivity contribution in [2.24, 2.45) is 0 Å². The van der Waals surface area contributed by atoms with Gasteiger partial charge in [-0.05, 0) is 35.8 Å². The molecule has 2 rings (SSSR count). The van der Waals surface area contributed by atoms with Gasteiger partial charge >= 0.3 is 0 Å². The maximum atomic E-state index is 11.8. The van der Waals surface area contributed by atoms with E-state index in [1.165, 1.54) is 0 Å².